The first-order valence-corrected chi connectivity index (χ1v) is 4.32. The minimum atomic E-state index is 1.09. The molecule has 0 aliphatic carbocycles. The molecule has 0 aliphatic heterocycles. The molecule has 0 unspecified atom stereocenters. The second kappa shape index (κ2) is 4.05. The van der Waals surface area contributed by atoms with E-state index < -0.39 is 0 Å². The van der Waals surface area contributed by atoms with Gasteiger partial charge in [-0.2, -0.15) is 0 Å². The van der Waals surface area contributed by atoms with Gasteiger partial charge in [0, 0.05) is 12.4 Å². The third-order valence-corrected chi connectivity index (χ3v) is 1.99. The van der Waals surface area contributed by atoms with Crippen molar-refractivity contribution in [3.05, 3.63) is 35.7 Å². The van der Waals surface area contributed by atoms with Crippen molar-refractivity contribution in [2.45, 2.75) is 27.2 Å². The largest absolute Gasteiger partial charge is 0.265 e. The van der Waals surface area contributed by atoms with Crippen molar-refractivity contribution in [3.8, 4) is 0 Å². The summed E-state index contributed by atoms with van der Waals surface area (Å²) in [4.78, 5) is 4.00. The molecule has 1 heterocycles. The van der Waals surface area contributed by atoms with Gasteiger partial charge in [0.2, 0.25) is 0 Å². The molecule has 1 aromatic rings. The van der Waals surface area contributed by atoms with E-state index in [1.165, 1.54) is 16.7 Å². The fourth-order valence-electron chi connectivity index (χ4n) is 1.40. The van der Waals surface area contributed by atoms with Crippen LogP contribution in [0.15, 0.2) is 30.1 Å². The summed E-state index contributed by atoms with van der Waals surface area (Å²) in [5.41, 5.74) is 4.12. The van der Waals surface area contributed by atoms with Crippen LogP contribution in [-0.4, -0.2) is 4.98 Å². The van der Waals surface area contributed by atoms with Crippen LogP contribution in [0, 0.1) is 0 Å². The van der Waals surface area contributed by atoms with E-state index in [-0.39, 0.29) is 0 Å². The Hall–Kier alpha value is -1.11. The van der Waals surface area contributed by atoms with E-state index in [1.54, 1.807) is 0 Å². The van der Waals surface area contributed by atoms with Gasteiger partial charge in [0.15, 0.2) is 0 Å². The average molecular weight is 161 g/mol. The van der Waals surface area contributed by atoms with Crippen LogP contribution in [0.1, 0.15) is 32.8 Å². The molecule has 0 spiro atoms. The molecule has 0 saturated heterocycles. The Bertz CT molecular complexity index is 268. The van der Waals surface area contributed by atoms with E-state index in [0.29, 0.717) is 0 Å². The molecule has 0 radical (unpaired) electrons. The van der Waals surface area contributed by atoms with Crippen LogP contribution in [0.5, 0.6) is 0 Å². The molecule has 1 aromatic heterocycles. The summed E-state index contributed by atoms with van der Waals surface area (Å²) in [7, 11) is 0. The molecule has 0 amide bonds. The number of aromatic nitrogens is 1. The fourth-order valence-corrected chi connectivity index (χ4v) is 1.40. The first kappa shape index (κ1) is 8.98. The summed E-state index contributed by atoms with van der Waals surface area (Å²) in [6.07, 6.45) is 4.77. The summed E-state index contributed by atoms with van der Waals surface area (Å²) in [6, 6.07) is 4.12. The fraction of sp³-hybridized carbons (Fsp3) is 0.364. The molecule has 64 valence electrons. The summed E-state index contributed by atoms with van der Waals surface area (Å²) in [5.74, 6) is 0. The van der Waals surface area contributed by atoms with E-state index >= 15 is 0 Å². The number of allylic oxidation sites excluding steroid dienone is 2. The third kappa shape index (κ3) is 1.94. The molecule has 1 rings (SSSR count). The van der Waals surface area contributed by atoms with Crippen LogP contribution in [-0.2, 0) is 0 Å². The maximum atomic E-state index is 4.00. The molecule has 1 heteroatoms. The zero-order valence-corrected chi connectivity index (χ0v) is 7.96. The van der Waals surface area contributed by atoms with Gasteiger partial charge in [0.1, 0.15) is 0 Å². The van der Waals surface area contributed by atoms with Crippen molar-refractivity contribution in [3.63, 3.8) is 0 Å². The Kier molecular flexibility index (Phi) is 3.03. The van der Waals surface area contributed by atoms with Crippen molar-refractivity contribution < 1.29 is 0 Å². The Morgan fingerprint density at radius 1 is 1.25 bits per heavy atom. The zero-order chi connectivity index (χ0) is 8.97. The first-order chi connectivity index (χ1) is 5.75. The van der Waals surface area contributed by atoms with Crippen LogP contribution in [0.2, 0.25) is 0 Å². The quantitative estimate of drug-likeness (QED) is 0.648. The Morgan fingerprint density at radius 3 is 2.25 bits per heavy atom. The van der Waals surface area contributed by atoms with Gasteiger partial charge in [-0.15, -0.1) is 0 Å². The van der Waals surface area contributed by atoms with Gasteiger partial charge in [-0.3, -0.25) is 4.98 Å². The predicted molar refractivity (Wildman–Crippen MR) is 52.8 cm³/mol. The number of nitrogens with zero attached hydrogens (tertiary/aromatic N) is 1. The van der Waals surface area contributed by atoms with E-state index in [0.717, 1.165) is 6.42 Å². The average Bonchev–Trinajstić information content (AvgIpc) is 2.07. The topological polar surface area (TPSA) is 12.9 Å². The second-order valence-corrected chi connectivity index (χ2v) is 3.07. The molecular weight excluding hydrogens is 146 g/mol. The monoisotopic (exact) mass is 161 g/mol. The molecule has 0 bridgehead atoms. The highest BCUT2D eigenvalue weighted by molar-refractivity contribution is 5.67. The summed E-state index contributed by atoms with van der Waals surface area (Å²) >= 11 is 0. The Labute approximate surface area is 74.2 Å². The van der Waals surface area contributed by atoms with Crippen LogP contribution in [0.25, 0.3) is 5.57 Å². The lowest BCUT2D eigenvalue weighted by molar-refractivity contribution is 1.18. The summed E-state index contributed by atoms with van der Waals surface area (Å²) in [6.45, 7) is 6.49. The van der Waals surface area contributed by atoms with Gasteiger partial charge in [-0.05, 0) is 43.5 Å². The van der Waals surface area contributed by atoms with E-state index in [9.17, 15) is 0 Å². The predicted octanol–water partition coefficient (Wildman–Crippen LogP) is 3.29. The van der Waals surface area contributed by atoms with Gasteiger partial charge >= 0.3 is 0 Å². The molecule has 0 N–H and O–H groups in total. The number of hydrogen-bond donors (Lipinski definition) is 0. The van der Waals surface area contributed by atoms with Crippen molar-refractivity contribution in [2.24, 2.45) is 0 Å². The molecule has 0 aliphatic rings. The minimum Gasteiger partial charge on any atom is -0.265 e. The third-order valence-electron chi connectivity index (χ3n) is 1.99. The second-order valence-electron chi connectivity index (χ2n) is 3.07. The number of hydrogen-bond acceptors (Lipinski definition) is 1. The molecular formula is C11H15N. The van der Waals surface area contributed by atoms with E-state index in [4.69, 9.17) is 0 Å². The summed E-state index contributed by atoms with van der Waals surface area (Å²) in [5, 5.41) is 0. The normalized spacial score (nSPS) is 9.58. The highest BCUT2D eigenvalue weighted by Gasteiger charge is 1.98. The maximum absolute atomic E-state index is 4.00. The Balaban J connectivity index is 3.05. The van der Waals surface area contributed by atoms with E-state index in [1.807, 2.05) is 12.4 Å². The zero-order valence-electron chi connectivity index (χ0n) is 7.96. The highest BCUT2D eigenvalue weighted by Crippen LogP contribution is 2.20. The minimum absolute atomic E-state index is 1.09. The highest BCUT2D eigenvalue weighted by atomic mass is 14.6. The van der Waals surface area contributed by atoms with Crippen LogP contribution in [0.3, 0.4) is 0 Å². The molecule has 0 fully saturated rings. The van der Waals surface area contributed by atoms with Gasteiger partial charge in [-0.1, -0.05) is 12.5 Å². The number of pyridine rings is 1. The van der Waals surface area contributed by atoms with Crippen molar-refractivity contribution >= 4 is 5.57 Å². The van der Waals surface area contributed by atoms with Gasteiger partial charge in [0.05, 0.1) is 0 Å². The van der Waals surface area contributed by atoms with Crippen LogP contribution >= 0.6 is 0 Å². The smallest absolute Gasteiger partial charge is 0.0273 e. The van der Waals surface area contributed by atoms with Gasteiger partial charge in [-0.25, -0.2) is 0 Å². The van der Waals surface area contributed by atoms with Crippen molar-refractivity contribution in [2.75, 3.05) is 0 Å². The molecule has 0 saturated carbocycles. The molecule has 12 heavy (non-hydrogen) atoms. The lowest BCUT2D eigenvalue weighted by Crippen LogP contribution is -1.85. The standard InChI is InChI=1S/C11H15N/c1-4-11(9(2)3)10-5-7-12-8-6-10/h5-8H,4H2,1-3H3. The van der Waals surface area contributed by atoms with Gasteiger partial charge in [0.25, 0.3) is 0 Å². The lowest BCUT2D eigenvalue weighted by atomic mass is 10.0. The molecule has 0 aromatic carbocycles. The first-order valence-electron chi connectivity index (χ1n) is 4.32. The van der Waals surface area contributed by atoms with Gasteiger partial charge < -0.3 is 0 Å². The Morgan fingerprint density at radius 2 is 1.83 bits per heavy atom. The maximum Gasteiger partial charge on any atom is 0.0273 e. The van der Waals surface area contributed by atoms with Crippen molar-refractivity contribution in [1.82, 2.24) is 4.98 Å². The molecule has 1 nitrogen and oxygen atoms in total. The van der Waals surface area contributed by atoms with Crippen LogP contribution < -0.4 is 0 Å². The van der Waals surface area contributed by atoms with Crippen molar-refractivity contribution in [1.29, 1.82) is 0 Å². The summed E-state index contributed by atoms with van der Waals surface area (Å²) < 4.78 is 0. The number of rotatable bonds is 2. The lowest BCUT2D eigenvalue weighted by Gasteiger charge is -2.06. The SMILES string of the molecule is CCC(=C(C)C)c1ccncc1. The van der Waals surface area contributed by atoms with E-state index in [2.05, 4.69) is 37.9 Å². The molecule has 0 atom stereocenters. The van der Waals surface area contributed by atoms with Crippen LogP contribution in [0.4, 0.5) is 0 Å².